The van der Waals surface area contributed by atoms with Gasteiger partial charge in [0.25, 0.3) is 0 Å². The Balaban J connectivity index is 2.12. The van der Waals surface area contributed by atoms with Crippen LogP contribution in [0.3, 0.4) is 0 Å². The van der Waals surface area contributed by atoms with Crippen LogP contribution in [0.5, 0.6) is 0 Å². The average Bonchev–Trinajstić information content (AvgIpc) is 2.45. The highest BCUT2D eigenvalue weighted by atomic mass is 32.2. The molecule has 0 fully saturated rings. The fourth-order valence-electron chi connectivity index (χ4n) is 1.72. The molecule has 0 N–H and O–H groups in total. The van der Waals surface area contributed by atoms with Gasteiger partial charge in [-0.25, -0.2) is 0 Å². The number of carbonyl (C=O) groups excluding carboxylic acids is 1. The first-order valence-electron chi connectivity index (χ1n) is 6.16. The lowest BCUT2D eigenvalue weighted by atomic mass is 10.1. The van der Waals surface area contributed by atoms with Crippen molar-refractivity contribution >= 4 is 17.7 Å². The molecule has 0 aromatic heterocycles. The van der Waals surface area contributed by atoms with Crippen LogP contribution < -0.4 is 0 Å². The molecule has 19 heavy (non-hydrogen) atoms. The molecule has 0 saturated heterocycles. The topological polar surface area (TPSA) is 26.3 Å². The fraction of sp³-hybridized carbons (Fsp3) is 0.188. The molecule has 1 unspecified atom stereocenters. The van der Waals surface area contributed by atoms with E-state index in [1.165, 1.54) is 11.8 Å². The molecule has 0 heterocycles. The van der Waals surface area contributed by atoms with E-state index in [0.29, 0.717) is 6.61 Å². The maximum absolute atomic E-state index is 11.0. The third kappa shape index (κ3) is 4.45. The Morgan fingerprint density at radius 3 is 2.21 bits per heavy atom. The van der Waals surface area contributed by atoms with Crippen LogP contribution in [-0.2, 0) is 9.53 Å². The Hall–Kier alpha value is -1.74. The lowest BCUT2D eigenvalue weighted by molar-refractivity contribution is -0.140. The van der Waals surface area contributed by atoms with Gasteiger partial charge in [-0.15, -0.1) is 11.8 Å². The number of ether oxygens (including phenoxy) is 1. The average molecular weight is 272 g/mol. The molecule has 3 heteroatoms. The van der Waals surface area contributed by atoms with Crippen LogP contribution in [0, 0.1) is 0 Å². The van der Waals surface area contributed by atoms with Crippen molar-refractivity contribution in [1.82, 2.24) is 0 Å². The van der Waals surface area contributed by atoms with E-state index in [1.807, 2.05) is 36.4 Å². The minimum absolute atomic E-state index is 0.118. The zero-order valence-electron chi connectivity index (χ0n) is 10.8. The highest BCUT2D eigenvalue weighted by Crippen LogP contribution is 2.35. The number of hydrogen-bond acceptors (Lipinski definition) is 3. The Labute approximate surface area is 117 Å². The van der Waals surface area contributed by atoms with Gasteiger partial charge in [0.2, 0.25) is 0 Å². The SMILES string of the molecule is CC(=O)OCC(Sc1ccccc1)c1ccccc1. The van der Waals surface area contributed by atoms with E-state index in [4.69, 9.17) is 4.74 Å². The second-order valence-corrected chi connectivity index (χ2v) is 5.41. The molecule has 0 aliphatic carbocycles. The zero-order chi connectivity index (χ0) is 13.5. The van der Waals surface area contributed by atoms with Crippen LogP contribution in [0.4, 0.5) is 0 Å². The standard InChI is InChI=1S/C16H16O2S/c1-13(17)18-12-16(14-8-4-2-5-9-14)19-15-10-6-3-7-11-15/h2-11,16H,12H2,1H3. The molecule has 2 rings (SSSR count). The lowest BCUT2D eigenvalue weighted by Crippen LogP contribution is -2.08. The monoisotopic (exact) mass is 272 g/mol. The third-order valence-electron chi connectivity index (χ3n) is 2.63. The summed E-state index contributed by atoms with van der Waals surface area (Å²) >= 11 is 1.71. The lowest BCUT2D eigenvalue weighted by Gasteiger charge is -2.16. The van der Waals surface area contributed by atoms with E-state index in [-0.39, 0.29) is 11.2 Å². The van der Waals surface area contributed by atoms with Gasteiger partial charge >= 0.3 is 5.97 Å². The van der Waals surface area contributed by atoms with Gasteiger partial charge in [0.15, 0.2) is 0 Å². The van der Waals surface area contributed by atoms with Gasteiger partial charge in [0, 0.05) is 11.8 Å². The van der Waals surface area contributed by atoms with Crippen molar-refractivity contribution in [3.63, 3.8) is 0 Å². The summed E-state index contributed by atoms with van der Waals surface area (Å²) in [6, 6.07) is 20.2. The van der Waals surface area contributed by atoms with Crippen LogP contribution in [-0.4, -0.2) is 12.6 Å². The van der Waals surface area contributed by atoms with Crippen molar-refractivity contribution in [2.45, 2.75) is 17.1 Å². The van der Waals surface area contributed by atoms with Crippen LogP contribution in [0.25, 0.3) is 0 Å². The Bertz CT molecular complexity index is 511. The van der Waals surface area contributed by atoms with Crippen LogP contribution >= 0.6 is 11.8 Å². The molecule has 2 aromatic rings. The van der Waals surface area contributed by atoms with Gasteiger partial charge in [0.1, 0.15) is 6.61 Å². The first-order chi connectivity index (χ1) is 9.25. The molecule has 0 bridgehead atoms. The van der Waals surface area contributed by atoms with Gasteiger partial charge in [-0.2, -0.15) is 0 Å². The van der Waals surface area contributed by atoms with Crippen molar-refractivity contribution in [2.75, 3.05) is 6.61 Å². The molecule has 0 amide bonds. The molecule has 2 aromatic carbocycles. The summed E-state index contributed by atoms with van der Waals surface area (Å²) in [5, 5.41) is 0.118. The smallest absolute Gasteiger partial charge is 0.302 e. The summed E-state index contributed by atoms with van der Waals surface area (Å²) in [4.78, 5) is 12.2. The minimum Gasteiger partial charge on any atom is -0.464 e. The van der Waals surface area contributed by atoms with Gasteiger partial charge in [-0.05, 0) is 17.7 Å². The van der Waals surface area contributed by atoms with Gasteiger partial charge in [0.05, 0.1) is 5.25 Å². The van der Waals surface area contributed by atoms with E-state index in [2.05, 4.69) is 24.3 Å². The van der Waals surface area contributed by atoms with Crippen LogP contribution in [0.2, 0.25) is 0 Å². The van der Waals surface area contributed by atoms with E-state index in [9.17, 15) is 4.79 Å². The van der Waals surface area contributed by atoms with E-state index in [1.54, 1.807) is 11.8 Å². The molecule has 0 aliphatic heterocycles. The quantitative estimate of drug-likeness (QED) is 0.606. The first-order valence-corrected chi connectivity index (χ1v) is 7.03. The number of carbonyl (C=O) groups is 1. The predicted molar refractivity (Wildman–Crippen MR) is 78.1 cm³/mol. The number of hydrogen-bond donors (Lipinski definition) is 0. The predicted octanol–water partition coefficient (Wildman–Crippen LogP) is 4.08. The second kappa shape index (κ2) is 7.00. The fourth-order valence-corrected chi connectivity index (χ4v) is 2.79. The molecule has 98 valence electrons. The largest absolute Gasteiger partial charge is 0.464 e. The van der Waals surface area contributed by atoms with E-state index in [0.717, 1.165) is 5.56 Å². The first kappa shape index (κ1) is 13.7. The third-order valence-corrected chi connectivity index (χ3v) is 3.87. The van der Waals surface area contributed by atoms with E-state index < -0.39 is 0 Å². The zero-order valence-corrected chi connectivity index (χ0v) is 11.6. The van der Waals surface area contributed by atoms with Crippen LogP contribution in [0.1, 0.15) is 17.7 Å². The Morgan fingerprint density at radius 2 is 1.63 bits per heavy atom. The highest BCUT2D eigenvalue weighted by molar-refractivity contribution is 7.99. The Kier molecular flexibility index (Phi) is 5.04. The molecular formula is C16H16O2S. The summed E-state index contributed by atoms with van der Waals surface area (Å²) in [6.07, 6.45) is 0. The summed E-state index contributed by atoms with van der Waals surface area (Å²) < 4.78 is 5.17. The summed E-state index contributed by atoms with van der Waals surface area (Å²) in [5.41, 5.74) is 1.16. The summed E-state index contributed by atoms with van der Waals surface area (Å²) in [7, 11) is 0. The normalized spacial score (nSPS) is 11.8. The van der Waals surface area contributed by atoms with Crippen molar-refractivity contribution in [3.8, 4) is 0 Å². The van der Waals surface area contributed by atoms with Crippen molar-refractivity contribution < 1.29 is 9.53 Å². The minimum atomic E-state index is -0.241. The molecule has 0 radical (unpaired) electrons. The maximum atomic E-state index is 11.0. The molecule has 2 nitrogen and oxygen atoms in total. The number of benzene rings is 2. The van der Waals surface area contributed by atoms with Gasteiger partial charge in [-0.1, -0.05) is 48.5 Å². The van der Waals surface area contributed by atoms with Crippen molar-refractivity contribution in [3.05, 3.63) is 66.2 Å². The van der Waals surface area contributed by atoms with Crippen molar-refractivity contribution in [1.29, 1.82) is 0 Å². The molecule has 0 saturated carbocycles. The maximum Gasteiger partial charge on any atom is 0.302 e. The Morgan fingerprint density at radius 1 is 1.05 bits per heavy atom. The summed E-state index contributed by atoms with van der Waals surface area (Å²) in [6.45, 7) is 1.83. The molecule has 0 aliphatic rings. The number of esters is 1. The highest BCUT2D eigenvalue weighted by Gasteiger charge is 2.14. The van der Waals surface area contributed by atoms with Crippen molar-refractivity contribution in [2.24, 2.45) is 0 Å². The number of thioether (sulfide) groups is 1. The molecule has 1 atom stereocenters. The summed E-state index contributed by atoms with van der Waals surface area (Å²) in [5.74, 6) is -0.241. The molecule has 0 spiro atoms. The van der Waals surface area contributed by atoms with Crippen LogP contribution in [0.15, 0.2) is 65.6 Å². The van der Waals surface area contributed by atoms with Gasteiger partial charge in [-0.3, -0.25) is 4.79 Å². The van der Waals surface area contributed by atoms with E-state index >= 15 is 0 Å². The second-order valence-electron chi connectivity index (χ2n) is 4.13. The van der Waals surface area contributed by atoms with Gasteiger partial charge < -0.3 is 4.74 Å². The number of rotatable bonds is 5. The molecular weight excluding hydrogens is 256 g/mol.